The van der Waals surface area contributed by atoms with E-state index in [0.29, 0.717) is 12.2 Å². The first kappa shape index (κ1) is 21.8. The number of rotatable bonds is 2. The smallest absolute Gasteiger partial charge is 0.132 e. The van der Waals surface area contributed by atoms with Crippen LogP contribution in [0.2, 0.25) is 0 Å². The van der Waals surface area contributed by atoms with Crippen molar-refractivity contribution < 1.29 is 20.1 Å². The highest BCUT2D eigenvalue weighted by Gasteiger charge is 2.32. The van der Waals surface area contributed by atoms with Crippen LogP contribution in [0.3, 0.4) is 0 Å². The summed E-state index contributed by atoms with van der Waals surface area (Å²) in [7, 11) is 0. The lowest BCUT2D eigenvalue weighted by molar-refractivity contribution is 0.442. The van der Waals surface area contributed by atoms with Crippen LogP contribution >= 0.6 is 45.2 Å². The Kier molecular flexibility index (Phi) is 5.25. The van der Waals surface area contributed by atoms with Gasteiger partial charge in [0, 0.05) is 20.6 Å². The standard InChI is InChI=1S/C28H18I2O4/c29-17-9-16(28(33)23(30)13-17)12-22-26-20-5-3-18(31)10-14(20)1-7-24(26)34-25-8-2-15-11-19(32)4-6-21(15)27(22)25/h1-11,13,22,31-33H,12H2. The summed E-state index contributed by atoms with van der Waals surface area (Å²) in [5, 5.41) is 34.9. The molecule has 5 aromatic rings. The number of hydrogen-bond donors (Lipinski definition) is 3. The van der Waals surface area contributed by atoms with Gasteiger partial charge in [0.05, 0.1) is 3.57 Å². The zero-order valence-corrected chi connectivity index (χ0v) is 22.0. The number of aromatic hydroxyl groups is 3. The Balaban J connectivity index is 1.67. The van der Waals surface area contributed by atoms with Crippen molar-refractivity contribution in [1.29, 1.82) is 0 Å². The molecule has 0 radical (unpaired) electrons. The van der Waals surface area contributed by atoms with E-state index in [1.807, 2.05) is 48.5 Å². The summed E-state index contributed by atoms with van der Waals surface area (Å²) in [6.07, 6.45) is 0.571. The molecule has 1 heterocycles. The summed E-state index contributed by atoms with van der Waals surface area (Å²) in [5.74, 6) is 2.16. The minimum atomic E-state index is -0.111. The molecule has 6 rings (SSSR count). The van der Waals surface area contributed by atoms with Gasteiger partial charge >= 0.3 is 0 Å². The van der Waals surface area contributed by atoms with Crippen LogP contribution in [0, 0.1) is 7.14 Å². The number of hydrogen-bond acceptors (Lipinski definition) is 4. The topological polar surface area (TPSA) is 69.9 Å². The average Bonchev–Trinajstić information content (AvgIpc) is 2.81. The van der Waals surface area contributed by atoms with E-state index >= 15 is 0 Å². The first-order chi connectivity index (χ1) is 16.4. The molecule has 6 heteroatoms. The van der Waals surface area contributed by atoms with E-state index in [0.717, 1.165) is 56.9 Å². The molecule has 0 bridgehead atoms. The van der Waals surface area contributed by atoms with Gasteiger partial charge in [-0.15, -0.1) is 0 Å². The van der Waals surface area contributed by atoms with Crippen molar-refractivity contribution in [3.8, 4) is 28.7 Å². The Morgan fingerprint density at radius 1 is 0.676 bits per heavy atom. The van der Waals surface area contributed by atoms with Crippen molar-refractivity contribution in [3.05, 3.63) is 96.6 Å². The summed E-state index contributed by atoms with van der Waals surface area (Å²) in [6.45, 7) is 0. The van der Waals surface area contributed by atoms with Gasteiger partial charge in [0.25, 0.3) is 0 Å². The first-order valence-electron chi connectivity index (χ1n) is 10.7. The highest BCUT2D eigenvalue weighted by molar-refractivity contribution is 14.1. The van der Waals surface area contributed by atoms with Crippen molar-refractivity contribution in [3.63, 3.8) is 0 Å². The lowest BCUT2D eigenvalue weighted by Crippen LogP contribution is -2.14. The fourth-order valence-corrected chi connectivity index (χ4v) is 6.97. The second-order valence-corrected chi connectivity index (χ2v) is 10.9. The fourth-order valence-electron chi connectivity index (χ4n) is 5.00. The van der Waals surface area contributed by atoms with E-state index in [4.69, 9.17) is 4.74 Å². The molecular formula is C28H18I2O4. The summed E-state index contributed by atoms with van der Waals surface area (Å²) in [5.41, 5.74) is 2.92. The van der Waals surface area contributed by atoms with E-state index in [9.17, 15) is 15.3 Å². The first-order valence-corrected chi connectivity index (χ1v) is 12.9. The van der Waals surface area contributed by atoms with E-state index in [2.05, 4.69) is 45.2 Å². The van der Waals surface area contributed by atoms with Crippen LogP contribution in [0.15, 0.2) is 72.8 Å². The molecule has 0 fully saturated rings. The van der Waals surface area contributed by atoms with E-state index in [-0.39, 0.29) is 17.4 Å². The molecule has 0 saturated carbocycles. The zero-order valence-electron chi connectivity index (χ0n) is 17.7. The minimum absolute atomic E-state index is 0.111. The van der Waals surface area contributed by atoms with Gasteiger partial charge in [-0.3, -0.25) is 0 Å². The lowest BCUT2D eigenvalue weighted by atomic mass is 9.79. The van der Waals surface area contributed by atoms with Crippen LogP contribution in [0.25, 0.3) is 21.5 Å². The summed E-state index contributed by atoms with van der Waals surface area (Å²) in [4.78, 5) is 0. The molecule has 1 aliphatic rings. The van der Waals surface area contributed by atoms with Gasteiger partial charge in [0.1, 0.15) is 28.7 Å². The predicted octanol–water partition coefficient (Wildman–Crippen LogP) is 7.80. The number of ether oxygens (including phenoxy) is 1. The average molecular weight is 672 g/mol. The van der Waals surface area contributed by atoms with Crippen LogP contribution in [0.1, 0.15) is 22.6 Å². The maximum absolute atomic E-state index is 10.9. The molecule has 4 nitrogen and oxygen atoms in total. The Bertz CT molecular complexity index is 1540. The van der Waals surface area contributed by atoms with Gasteiger partial charge in [-0.2, -0.15) is 0 Å². The normalized spacial score (nSPS) is 13.0. The monoisotopic (exact) mass is 672 g/mol. The number of halogens is 2. The van der Waals surface area contributed by atoms with Gasteiger partial charge < -0.3 is 20.1 Å². The van der Waals surface area contributed by atoms with Crippen molar-refractivity contribution in [1.82, 2.24) is 0 Å². The van der Waals surface area contributed by atoms with Gasteiger partial charge in [0.2, 0.25) is 0 Å². The van der Waals surface area contributed by atoms with Crippen LogP contribution in [-0.2, 0) is 6.42 Å². The number of phenols is 3. The van der Waals surface area contributed by atoms with E-state index in [1.165, 1.54) is 0 Å². The Morgan fingerprint density at radius 3 is 1.79 bits per heavy atom. The second kappa shape index (κ2) is 8.20. The molecule has 5 aromatic carbocycles. The number of benzene rings is 5. The molecule has 0 spiro atoms. The lowest BCUT2D eigenvalue weighted by Gasteiger charge is -2.31. The number of fused-ring (bicyclic) bond motifs is 6. The quantitative estimate of drug-likeness (QED) is 0.168. The van der Waals surface area contributed by atoms with Crippen LogP contribution in [0.5, 0.6) is 28.7 Å². The third-order valence-electron chi connectivity index (χ3n) is 6.46. The number of phenolic OH excluding ortho intramolecular Hbond substituents is 3. The second-order valence-electron chi connectivity index (χ2n) is 8.52. The minimum Gasteiger partial charge on any atom is -0.508 e. The molecule has 168 valence electrons. The largest absolute Gasteiger partial charge is 0.508 e. The third-order valence-corrected chi connectivity index (χ3v) is 7.90. The third kappa shape index (κ3) is 3.54. The van der Waals surface area contributed by atoms with Gasteiger partial charge in [-0.05, 0) is 127 Å². The molecule has 0 aliphatic carbocycles. The molecule has 3 N–H and O–H groups in total. The molecule has 0 unspecified atom stereocenters. The molecule has 0 saturated heterocycles. The summed E-state index contributed by atoms with van der Waals surface area (Å²) < 4.78 is 8.29. The van der Waals surface area contributed by atoms with Crippen molar-refractivity contribution in [2.24, 2.45) is 0 Å². The van der Waals surface area contributed by atoms with Gasteiger partial charge in [-0.25, -0.2) is 0 Å². The molecule has 0 amide bonds. The molecule has 0 atom stereocenters. The SMILES string of the molecule is Oc1ccc2c3c(ccc2c1)Oc1ccc2cc(O)ccc2c1C3Cc1cc(I)cc(I)c1O. The zero-order chi connectivity index (χ0) is 23.6. The van der Waals surface area contributed by atoms with Gasteiger partial charge in [0.15, 0.2) is 0 Å². The Hall–Kier alpha value is -2.72. The predicted molar refractivity (Wildman–Crippen MR) is 150 cm³/mol. The molecule has 34 heavy (non-hydrogen) atoms. The van der Waals surface area contributed by atoms with Crippen LogP contribution in [0.4, 0.5) is 0 Å². The highest BCUT2D eigenvalue weighted by atomic mass is 127. The van der Waals surface area contributed by atoms with E-state index in [1.54, 1.807) is 24.3 Å². The van der Waals surface area contributed by atoms with Crippen molar-refractivity contribution in [2.45, 2.75) is 12.3 Å². The molecular weight excluding hydrogens is 654 g/mol. The fraction of sp³-hybridized carbons (Fsp3) is 0.0714. The Labute approximate surface area is 223 Å². The van der Waals surface area contributed by atoms with E-state index < -0.39 is 0 Å². The summed E-state index contributed by atoms with van der Waals surface area (Å²) in [6, 6.07) is 22.6. The van der Waals surface area contributed by atoms with Crippen molar-refractivity contribution >= 4 is 66.7 Å². The summed E-state index contributed by atoms with van der Waals surface area (Å²) >= 11 is 4.45. The molecule has 0 aromatic heterocycles. The Morgan fingerprint density at radius 2 is 1.24 bits per heavy atom. The van der Waals surface area contributed by atoms with Crippen LogP contribution in [-0.4, -0.2) is 15.3 Å². The maximum Gasteiger partial charge on any atom is 0.132 e. The molecule has 1 aliphatic heterocycles. The van der Waals surface area contributed by atoms with Crippen LogP contribution < -0.4 is 4.74 Å². The van der Waals surface area contributed by atoms with Gasteiger partial charge in [-0.1, -0.05) is 24.3 Å². The maximum atomic E-state index is 10.9. The van der Waals surface area contributed by atoms with Crippen molar-refractivity contribution in [2.75, 3.05) is 0 Å². The highest BCUT2D eigenvalue weighted by Crippen LogP contribution is 2.51.